The van der Waals surface area contributed by atoms with Gasteiger partial charge >= 0.3 is 5.97 Å². The van der Waals surface area contributed by atoms with Crippen LogP contribution in [0.25, 0.3) is 0 Å². The number of carbonyl (C=O) groups is 2. The molecule has 27 heavy (non-hydrogen) atoms. The van der Waals surface area contributed by atoms with Crippen molar-refractivity contribution in [1.29, 1.82) is 0 Å². The van der Waals surface area contributed by atoms with Crippen LogP contribution in [0.4, 0.5) is 4.39 Å². The smallest absolute Gasteiger partial charge is 0.335 e. The first-order valence-electron chi connectivity index (χ1n) is 7.89. The molecule has 1 N–H and O–H groups in total. The van der Waals surface area contributed by atoms with Crippen LogP contribution in [0, 0.1) is 5.82 Å². The van der Waals surface area contributed by atoms with Gasteiger partial charge in [-0.1, -0.05) is 41.4 Å². The van der Waals surface area contributed by atoms with Gasteiger partial charge in [0, 0.05) is 17.9 Å². The molecule has 0 bridgehead atoms. The molecular weight excluding hydrogens is 416 g/mol. The number of hydrogen-bond donors (Lipinski definition) is 1. The topological polar surface area (TPSA) is 66.8 Å². The van der Waals surface area contributed by atoms with Crippen LogP contribution in [0.2, 0.25) is 10.0 Å². The highest BCUT2D eigenvalue weighted by Crippen LogP contribution is 2.39. The number of halogens is 3. The van der Waals surface area contributed by atoms with E-state index in [1.165, 1.54) is 34.9 Å². The standard InChI is InChI=1S/C18H14Cl2FNO4S/c19-12-7-10(18(24)25)8-13(20)16(12)26-9-15(23)22-5-6-27-17(22)11-3-1-2-4-14(11)21/h1-4,7-8,17H,5-6,9H2,(H,24,25). The van der Waals surface area contributed by atoms with E-state index in [2.05, 4.69) is 0 Å². The number of thioether (sulfide) groups is 1. The normalized spacial score (nSPS) is 16.4. The Labute approximate surface area is 169 Å². The lowest BCUT2D eigenvalue weighted by Crippen LogP contribution is -2.34. The van der Waals surface area contributed by atoms with E-state index in [9.17, 15) is 14.0 Å². The molecule has 3 rings (SSSR count). The fraction of sp³-hybridized carbons (Fsp3) is 0.222. The van der Waals surface area contributed by atoms with Gasteiger partial charge < -0.3 is 14.7 Å². The van der Waals surface area contributed by atoms with Crippen LogP contribution in [-0.2, 0) is 4.79 Å². The summed E-state index contributed by atoms with van der Waals surface area (Å²) in [5.74, 6) is -1.18. The number of aromatic carboxylic acids is 1. The molecule has 1 fully saturated rings. The number of amides is 1. The molecule has 1 unspecified atom stereocenters. The molecule has 0 spiro atoms. The van der Waals surface area contributed by atoms with Gasteiger partial charge in [-0.05, 0) is 18.2 Å². The predicted octanol–water partition coefficient (Wildman–Crippen LogP) is 4.48. The molecule has 142 valence electrons. The summed E-state index contributed by atoms with van der Waals surface area (Å²) in [6, 6.07) is 8.72. The van der Waals surface area contributed by atoms with E-state index in [1.54, 1.807) is 18.2 Å². The number of benzene rings is 2. The van der Waals surface area contributed by atoms with E-state index >= 15 is 0 Å². The van der Waals surface area contributed by atoms with Crippen molar-refractivity contribution in [3.05, 3.63) is 63.4 Å². The third-order valence-electron chi connectivity index (χ3n) is 3.97. The summed E-state index contributed by atoms with van der Waals surface area (Å²) >= 11 is 13.5. The monoisotopic (exact) mass is 429 g/mol. The SMILES string of the molecule is O=C(O)c1cc(Cl)c(OCC(=O)N2CCSC2c2ccccc2F)c(Cl)c1. The zero-order valence-corrected chi connectivity index (χ0v) is 16.2. The molecule has 1 heterocycles. The van der Waals surface area contributed by atoms with Crippen LogP contribution < -0.4 is 4.74 Å². The lowest BCUT2D eigenvalue weighted by Gasteiger charge is -2.24. The van der Waals surface area contributed by atoms with Crippen molar-refractivity contribution >= 4 is 46.8 Å². The van der Waals surface area contributed by atoms with Gasteiger partial charge in [0.05, 0.1) is 15.6 Å². The molecule has 1 amide bonds. The number of ether oxygens (including phenoxy) is 1. The molecule has 5 nitrogen and oxygen atoms in total. The Kier molecular flexibility index (Phi) is 6.14. The van der Waals surface area contributed by atoms with E-state index in [4.69, 9.17) is 33.0 Å². The summed E-state index contributed by atoms with van der Waals surface area (Å²) in [5.41, 5.74) is 0.356. The molecule has 1 aliphatic rings. The number of nitrogens with zero attached hydrogens (tertiary/aromatic N) is 1. The molecule has 0 saturated carbocycles. The Hall–Kier alpha value is -1.96. The summed E-state index contributed by atoms with van der Waals surface area (Å²) in [6.45, 7) is 0.114. The Morgan fingerprint density at radius 2 is 1.93 bits per heavy atom. The number of hydrogen-bond acceptors (Lipinski definition) is 4. The Morgan fingerprint density at radius 3 is 2.56 bits per heavy atom. The number of carbonyl (C=O) groups excluding carboxylic acids is 1. The average Bonchev–Trinajstić information content (AvgIpc) is 3.10. The summed E-state index contributed by atoms with van der Waals surface area (Å²) < 4.78 is 19.5. The summed E-state index contributed by atoms with van der Waals surface area (Å²) in [6.07, 6.45) is 0. The highest BCUT2D eigenvalue weighted by atomic mass is 35.5. The Morgan fingerprint density at radius 1 is 1.26 bits per heavy atom. The van der Waals surface area contributed by atoms with Crippen molar-refractivity contribution < 1.29 is 23.8 Å². The minimum absolute atomic E-state index is 0.00542. The van der Waals surface area contributed by atoms with Gasteiger partial charge in [-0.15, -0.1) is 11.8 Å². The largest absolute Gasteiger partial charge is 0.481 e. The maximum Gasteiger partial charge on any atom is 0.335 e. The zero-order chi connectivity index (χ0) is 19.6. The van der Waals surface area contributed by atoms with Crippen LogP contribution in [0.5, 0.6) is 5.75 Å². The Bertz CT molecular complexity index is 872. The molecule has 1 aliphatic heterocycles. The van der Waals surface area contributed by atoms with Crippen molar-refractivity contribution in [1.82, 2.24) is 4.90 Å². The van der Waals surface area contributed by atoms with Crippen molar-refractivity contribution in [2.24, 2.45) is 0 Å². The maximum atomic E-state index is 14.1. The van der Waals surface area contributed by atoms with Gasteiger partial charge in [0.2, 0.25) is 0 Å². The van der Waals surface area contributed by atoms with Crippen LogP contribution >= 0.6 is 35.0 Å². The third kappa shape index (κ3) is 4.31. The van der Waals surface area contributed by atoms with E-state index in [0.29, 0.717) is 17.9 Å². The first-order chi connectivity index (χ1) is 12.9. The van der Waals surface area contributed by atoms with Crippen molar-refractivity contribution in [3.8, 4) is 5.75 Å². The predicted molar refractivity (Wildman–Crippen MR) is 102 cm³/mol. The van der Waals surface area contributed by atoms with Gasteiger partial charge in [0.15, 0.2) is 12.4 Å². The quantitative estimate of drug-likeness (QED) is 0.758. The summed E-state index contributed by atoms with van der Waals surface area (Å²) in [7, 11) is 0. The van der Waals surface area contributed by atoms with E-state index in [-0.39, 0.29) is 39.7 Å². The van der Waals surface area contributed by atoms with Crippen LogP contribution in [0.1, 0.15) is 21.3 Å². The molecular formula is C18H14Cl2FNO4S. The lowest BCUT2D eigenvalue weighted by molar-refractivity contribution is -0.133. The lowest BCUT2D eigenvalue weighted by atomic mass is 10.2. The highest BCUT2D eigenvalue weighted by molar-refractivity contribution is 7.99. The fourth-order valence-electron chi connectivity index (χ4n) is 2.70. The number of carboxylic acid groups (broad SMARTS) is 1. The Balaban J connectivity index is 1.73. The second-order valence-corrected chi connectivity index (χ2v) is 7.70. The first kappa shape index (κ1) is 19.8. The zero-order valence-electron chi connectivity index (χ0n) is 13.8. The minimum atomic E-state index is -1.18. The molecule has 0 radical (unpaired) electrons. The van der Waals surface area contributed by atoms with Gasteiger partial charge in [-0.25, -0.2) is 9.18 Å². The number of carboxylic acids is 1. The maximum absolute atomic E-state index is 14.1. The first-order valence-corrected chi connectivity index (χ1v) is 9.69. The van der Waals surface area contributed by atoms with Gasteiger partial charge in [-0.2, -0.15) is 0 Å². The fourth-order valence-corrected chi connectivity index (χ4v) is 4.59. The molecule has 2 aromatic carbocycles. The van der Waals surface area contributed by atoms with E-state index in [0.717, 1.165) is 0 Å². The van der Waals surface area contributed by atoms with E-state index in [1.807, 2.05) is 0 Å². The van der Waals surface area contributed by atoms with Crippen LogP contribution in [0.15, 0.2) is 36.4 Å². The van der Waals surface area contributed by atoms with Gasteiger partial charge in [0.1, 0.15) is 11.2 Å². The number of rotatable bonds is 5. The second-order valence-electron chi connectivity index (χ2n) is 5.69. The van der Waals surface area contributed by atoms with Crippen molar-refractivity contribution in [2.45, 2.75) is 5.37 Å². The molecule has 2 aromatic rings. The van der Waals surface area contributed by atoms with Gasteiger partial charge in [0.25, 0.3) is 5.91 Å². The van der Waals surface area contributed by atoms with E-state index < -0.39 is 11.3 Å². The van der Waals surface area contributed by atoms with Crippen LogP contribution in [-0.4, -0.2) is 40.8 Å². The average molecular weight is 430 g/mol. The van der Waals surface area contributed by atoms with Crippen molar-refractivity contribution in [2.75, 3.05) is 18.9 Å². The highest BCUT2D eigenvalue weighted by Gasteiger charge is 2.32. The van der Waals surface area contributed by atoms with Crippen LogP contribution in [0.3, 0.4) is 0 Å². The molecule has 1 atom stereocenters. The molecule has 9 heteroatoms. The third-order valence-corrected chi connectivity index (χ3v) is 5.77. The summed E-state index contributed by atoms with van der Waals surface area (Å²) in [5, 5.41) is 8.56. The molecule has 0 aliphatic carbocycles. The van der Waals surface area contributed by atoms with Crippen molar-refractivity contribution in [3.63, 3.8) is 0 Å². The summed E-state index contributed by atoms with van der Waals surface area (Å²) in [4.78, 5) is 25.1. The minimum Gasteiger partial charge on any atom is -0.481 e. The second kappa shape index (κ2) is 8.37. The van der Waals surface area contributed by atoms with Gasteiger partial charge in [-0.3, -0.25) is 4.79 Å². The molecule has 1 saturated heterocycles. The molecule has 0 aromatic heterocycles.